The van der Waals surface area contributed by atoms with Crippen molar-refractivity contribution in [3.8, 4) is 0 Å². The molecule has 0 saturated heterocycles. The molecule has 0 bridgehead atoms. The summed E-state index contributed by atoms with van der Waals surface area (Å²) in [5.41, 5.74) is 2.41. The van der Waals surface area contributed by atoms with Crippen molar-refractivity contribution in [2.75, 3.05) is 6.54 Å². The highest BCUT2D eigenvalue weighted by atomic mass is 32.1. The van der Waals surface area contributed by atoms with Gasteiger partial charge in [-0.15, -0.1) is 11.3 Å². The van der Waals surface area contributed by atoms with E-state index in [1.54, 1.807) is 11.3 Å². The van der Waals surface area contributed by atoms with Crippen molar-refractivity contribution < 1.29 is 0 Å². The first-order valence-electron chi connectivity index (χ1n) is 4.97. The molecule has 2 nitrogen and oxygen atoms in total. The minimum absolute atomic E-state index is 0.432. The summed E-state index contributed by atoms with van der Waals surface area (Å²) in [4.78, 5) is 4.41. The second-order valence-corrected chi connectivity index (χ2v) is 4.52. The van der Waals surface area contributed by atoms with Gasteiger partial charge in [0.05, 0.1) is 10.7 Å². The van der Waals surface area contributed by atoms with Crippen LogP contribution in [0.1, 0.15) is 31.5 Å². The lowest BCUT2D eigenvalue weighted by atomic mass is 10.1. The summed E-state index contributed by atoms with van der Waals surface area (Å²) < 4.78 is 0. The first-order chi connectivity index (χ1) is 6.63. The van der Waals surface area contributed by atoms with Gasteiger partial charge in [-0.2, -0.15) is 0 Å². The Hall–Kier alpha value is -0.670. The number of aryl methyl sites for hydroxylation is 1. The van der Waals surface area contributed by atoms with Gasteiger partial charge in [-0.25, -0.2) is 4.98 Å². The highest BCUT2D eigenvalue weighted by Gasteiger charge is 2.02. The highest BCUT2D eigenvalue weighted by Crippen LogP contribution is 2.13. The Bertz CT molecular complexity index is 315. The molecule has 3 heteroatoms. The van der Waals surface area contributed by atoms with Gasteiger partial charge in [-0.1, -0.05) is 12.5 Å². The van der Waals surface area contributed by atoms with Gasteiger partial charge in [0.15, 0.2) is 0 Å². The van der Waals surface area contributed by atoms with Crippen molar-refractivity contribution in [1.29, 1.82) is 0 Å². The average Bonchev–Trinajstić information content (AvgIpc) is 2.51. The molecule has 0 aliphatic carbocycles. The van der Waals surface area contributed by atoms with Gasteiger partial charge in [-0.05, 0) is 33.4 Å². The molecule has 0 aromatic carbocycles. The van der Waals surface area contributed by atoms with Gasteiger partial charge in [-0.3, -0.25) is 0 Å². The minimum Gasteiger partial charge on any atom is -0.311 e. The predicted molar refractivity (Wildman–Crippen MR) is 63.6 cm³/mol. The molecule has 1 aromatic rings. The predicted octanol–water partition coefficient (Wildman–Crippen LogP) is 2.85. The van der Waals surface area contributed by atoms with Crippen LogP contribution in [0.4, 0.5) is 0 Å². The first-order valence-corrected chi connectivity index (χ1v) is 5.85. The molecule has 0 saturated carbocycles. The monoisotopic (exact) mass is 210 g/mol. The van der Waals surface area contributed by atoms with Crippen LogP contribution in [0.5, 0.6) is 0 Å². The molecule has 0 amide bonds. The minimum atomic E-state index is 0.432. The lowest BCUT2D eigenvalue weighted by Crippen LogP contribution is -2.26. The maximum absolute atomic E-state index is 4.41. The molecule has 1 atom stereocenters. The number of rotatable bonds is 4. The summed E-state index contributed by atoms with van der Waals surface area (Å²) >= 11 is 1.70. The van der Waals surface area contributed by atoms with Crippen molar-refractivity contribution in [3.63, 3.8) is 0 Å². The zero-order chi connectivity index (χ0) is 10.6. The maximum Gasteiger partial charge on any atom is 0.0901 e. The van der Waals surface area contributed by atoms with E-state index in [0.29, 0.717) is 6.04 Å². The number of aromatic nitrogens is 1. The Morgan fingerprint density at radius 1 is 1.71 bits per heavy atom. The van der Waals surface area contributed by atoms with E-state index in [-0.39, 0.29) is 0 Å². The number of hydrogen-bond acceptors (Lipinski definition) is 3. The summed E-state index contributed by atoms with van der Waals surface area (Å²) in [7, 11) is 0. The average molecular weight is 210 g/mol. The van der Waals surface area contributed by atoms with E-state index in [0.717, 1.165) is 17.2 Å². The molecule has 1 unspecified atom stereocenters. The first kappa shape index (κ1) is 11.4. The quantitative estimate of drug-likeness (QED) is 0.826. The fourth-order valence-electron chi connectivity index (χ4n) is 1.27. The number of hydrogen-bond donors (Lipinski definition) is 1. The van der Waals surface area contributed by atoms with Crippen LogP contribution < -0.4 is 5.32 Å². The Labute approximate surface area is 90.1 Å². The molecule has 14 heavy (non-hydrogen) atoms. The fraction of sp³-hybridized carbons (Fsp3) is 0.545. The third-order valence-electron chi connectivity index (χ3n) is 2.21. The summed E-state index contributed by atoms with van der Waals surface area (Å²) in [6, 6.07) is 0.432. The lowest BCUT2D eigenvalue weighted by molar-refractivity contribution is 0.636. The van der Waals surface area contributed by atoms with Gasteiger partial charge >= 0.3 is 0 Å². The molecule has 1 heterocycles. The lowest BCUT2D eigenvalue weighted by Gasteiger charge is -2.12. The maximum atomic E-state index is 4.41. The molecule has 78 valence electrons. The number of nitrogens with zero attached hydrogens (tertiary/aromatic N) is 1. The van der Waals surface area contributed by atoms with E-state index in [9.17, 15) is 0 Å². The van der Waals surface area contributed by atoms with E-state index >= 15 is 0 Å². The van der Waals surface area contributed by atoms with Gasteiger partial charge in [0, 0.05) is 11.4 Å². The van der Waals surface area contributed by atoms with E-state index < -0.39 is 0 Å². The van der Waals surface area contributed by atoms with Crippen LogP contribution in [-0.2, 0) is 0 Å². The van der Waals surface area contributed by atoms with E-state index in [4.69, 9.17) is 0 Å². The number of nitrogens with one attached hydrogen (secondary N) is 1. The normalized spacial score (nSPS) is 14.4. The van der Waals surface area contributed by atoms with Crippen LogP contribution in [-0.4, -0.2) is 17.6 Å². The number of thiazole rings is 1. The zero-order valence-electron chi connectivity index (χ0n) is 9.29. The third-order valence-corrected chi connectivity index (χ3v) is 3.00. The Balaban J connectivity index is 2.67. The standard InChI is InChI=1S/C11H18N2S/c1-5-12-9(3)8(2)6-11-7-14-10(4)13-11/h6-7,9,12H,5H2,1-4H3. The van der Waals surface area contributed by atoms with Crippen LogP contribution in [0.2, 0.25) is 0 Å². The summed E-state index contributed by atoms with van der Waals surface area (Å²) in [5.74, 6) is 0. The highest BCUT2D eigenvalue weighted by molar-refractivity contribution is 7.09. The molecule has 0 aliphatic rings. The van der Waals surface area contributed by atoms with Crippen LogP contribution >= 0.6 is 11.3 Å². The Morgan fingerprint density at radius 2 is 2.43 bits per heavy atom. The van der Waals surface area contributed by atoms with Crippen LogP contribution in [0.15, 0.2) is 11.0 Å². The Kier molecular flexibility index (Phi) is 4.29. The Morgan fingerprint density at radius 3 is 2.93 bits per heavy atom. The van der Waals surface area contributed by atoms with Crippen molar-refractivity contribution >= 4 is 17.4 Å². The fourth-order valence-corrected chi connectivity index (χ4v) is 1.84. The van der Waals surface area contributed by atoms with E-state index in [1.165, 1.54) is 5.57 Å². The molecular formula is C11H18N2S. The largest absolute Gasteiger partial charge is 0.311 e. The van der Waals surface area contributed by atoms with E-state index in [2.05, 4.69) is 42.5 Å². The van der Waals surface area contributed by atoms with Crippen LogP contribution in [0.3, 0.4) is 0 Å². The van der Waals surface area contributed by atoms with Crippen molar-refractivity contribution in [1.82, 2.24) is 10.3 Å². The van der Waals surface area contributed by atoms with Crippen LogP contribution in [0, 0.1) is 6.92 Å². The number of likely N-dealkylation sites (N-methyl/N-ethyl adjacent to an activating group) is 1. The molecule has 0 aliphatic heterocycles. The van der Waals surface area contributed by atoms with Crippen molar-refractivity contribution in [2.24, 2.45) is 0 Å². The van der Waals surface area contributed by atoms with Crippen molar-refractivity contribution in [3.05, 3.63) is 21.7 Å². The van der Waals surface area contributed by atoms with Crippen LogP contribution in [0.25, 0.3) is 6.08 Å². The van der Waals surface area contributed by atoms with Gasteiger partial charge in [0.1, 0.15) is 0 Å². The molecular weight excluding hydrogens is 192 g/mol. The second-order valence-electron chi connectivity index (χ2n) is 3.46. The molecule has 1 N–H and O–H groups in total. The van der Waals surface area contributed by atoms with Gasteiger partial charge < -0.3 is 5.32 Å². The topological polar surface area (TPSA) is 24.9 Å². The summed E-state index contributed by atoms with van der Waals surface area (Å²) in [5, 5.41) is 6.60. The molecule has 1 aromatic heterocycles. The van der Waals surface area contributed by atoms with E-state index in [1.807, 2.05) is 6.92 Å². The zero-order valence-corrected chi connectivity index (χ0v) is 10.1. The molecule has 0 radical (unpaired) electrons. The van der Waals surface area contributed by atoms with Gasteiger partial charge in [0.25, 0.3) is 0 Å². The van der Waals surface area contributed by atoms with Gasteiger partial charge in [0.2, 0.25) is 0 Å². The molecule has 0 fully saturated rings. The summed E-state index contributed by atoms with van der Waals surface area (Å²) in [6.45, 7) is 9.47. The SMILES string of the molecule is CCNC(C)C(C)=Cc1csc(C)n1. The molecule has 1 rings (SSSR count). The second kappa shape index (κ2) is 5.27. The molecule has 0 spiro atoms. The van der Waals surface area contributed by atoms with Crippen molar-refractivity contribution in [2.45, 2.75) is 33.7 Å². The summed E-state index contributed by atoms with van der Waals surface area (Å²) in [6.07, 6.45) is 2.15. The smallest absolute Gasteiger partial charge is 0.0901 e. The third kappa shape index (κ3) is 3.24.